The Morgan fingerprint density at radius 2 is 2.39 bits per heavy atom. The molecule has 1 atom stereocenters. The van der Waals surface area contributed by atoms with E-state index < -0.39 is 0 Å². The molecule has 1 aromatic heterocycles. The first-order chi connectivity index (χ1) is 8.63. The van der Waals surface area contributed by atoms with Crippen LogP contribution in [0.25, 0.3) is 0 Å². The lowest BCUT2D eigenvalue weighted by Crippen LogP contribution is -2.24. The Labute approximate surface area is 108 Å². The Balaban J connectivity index is 1.94. The van der Waals surface area contributed by atoms with Gasteiger partial charge in [-0.2, -0.15) is 5.10 Å². The highest BCUT2D eigenvalue weighted by atomic mass is 16.5. The molecule has 0 amide bonds. The maximum absolute atomic E-state index is 11.5. The van der Waals surface area contributed by atoms with E-state index in [9.17, 15) is 4.79 Å². The van der Waals surface area contributed by atoms with Crippen LogP contribution in [-0.4, -0.2) is 40.8 Å². The Morgan fingerprint density at radius 3 is 3.00 bits per heavy atom. The lowest BCUT2D eigenvalue weighted by Gasteiger charge is -2.15. The number of hydrogen-bond acceptors (Lipinski definition) is 4. The quantitative estimate of drug-likeness (QED) is 0.748. The molecule has 1 saturated heterocycles. The van der Waals surface area contributed by atoms with Crippen LogP contribution in [0.2, 0.25) is 0 Å². The lowest BCUT2D eigenvalue weighted by atomic mass is 10.1. The molecule has 0 bridgehead atoms. The minimum atomic E-state index is -0.0863. The van der Waals surface area contributed by atoms with Gasteiger partial charge in [0.1, 0.15) is 0 Å². The summed E-state index contributed by atoms with van der Waals surface area (Å²) in [6.45, 7) is 4.71. The van der Waals surface area contributed by atoms with E-state index in [0.29, 0.717) is 0 Å². The number of rotatable bonds is 4. The second-order valence-corrected chi connectivity index (χ2v) is 4.85. The van der Waals surface area contributed by atoms with Crippen molar-refractivity contribution in [1.82, 2.24) is 14.7 Å². The molecule has 0 aliphatic carbocycles. The molecule has 5 nitrogen and oxygen atoms in total. The molecule has 0 aromatic carbocycles. The van der Waals surface area contributed by atoms with E-state index >= 15 is 0 Å². The van der Waals surface area contributed by atoms with Gasteiger partial charge in [0.15, 0.2) is 0 Å². The number of ether oxygens (including phenoxy) is 1. The summed E-state index contributed by atoms with van der Waals surface area (Å²) in [6.07, 6.45) is 1.85. The van der Waals surface area contributed by atoms with Crippen LogP contribution < -0.4 is 0 Å². The molecular weight excluding hydrogens is 230 g/mol. The van der Waals surface area contributed by atoms with Gasteiger partial charge >= 0.3 is 5.97 Å². The minimum Gasteiger partial charge on any atom is -0.469 e. The van der Waals surface area contributed by atoms with E-state index in [1.54, 1.807) is 0 Å². The van der Waals surface area contributed by atoms with Crippen molar-refractivity contribution < 1.29 is 9.53 Å². The number of hydrogen-bond donors (Lipinski definition) is 0. The summed E-state index contributed by atoms with van der Waals surface area (Å²) in [7, 11) is 3.43. The number of carbonyl (C=O) groups is 1. The zero-order valence-corrected chi connectivity index (χ0v) is 11.3. The Hall–Kier alpha value is -1.36. The Morgan fingerprint density at radius 1 is 1.61 bits per heavy atom. The molecule has 0 N–H and O–H groups in total. The standard InChI is InChI=1S/C13H21N3O2/c1-4-11-7-12(15(2)14-11)9-16-6-5-10(8-16)13(17)18-3/h7,10H,4-6,8-9H2,1-3H3. The third-order valence-corrected chi connectivity index (χ3v) is 3.58. The maximum atomic E-state index is 11.5. The van der Waals surface area contributed by atoms with Gasteiger partial charge in [-0.05, 0) is 25.5 Å². The molecule has 1 aromatic rings. The van der Waals surface area contributed by atoms with Crippen LogP contribution in [0.15, 0.2) is 6.07 Å². The van der Waals surface area contributed by atoms with E-state index in [4.69, 9.17) is 4.74 Å². The average molecular weight is 251 g/mol. The normalized spacial score (nSPS) is 20.3. The van der Waals surface area contributed by atoms with E-state index in [-0.39, 0.29) is 11.9 Å². The third kappa shape index (κ3) is 2.72. The molecule has 0 spiro atoms. The highest BCUT2D eigenvalue weighted by Gasteiger charge is 2.29. The highest BCUT2D eigenvalue weighted by Crippen LogP contribution is 2.19. The third-order valence-electron chi connectivity index (χ3n) is 3.58. The topological polar surface area (TPSA) is 47.4 Å². The van der Waals surface area contributed by atoms with Crippen LogP contribution in [0.4, 0.5) is 0 Å². The van der Waals surface area contributed by atoms with Crippen LogP contribution in [0.1, 0.15) is 24.7 Å². The van der Waals surface area contributed by atoms with Crippen LogP contribution in [0.3, 0.4) is 0 Å². The van der Waals surface area contributed by atoms with Crippen molar-refractivity contribution in [3.05, 3.63) is 17.5 Å². The molecule has 2 heterocycles. The smallest absolute Gasteiger partial charge is 0.310 e. The lowest BCUT2D eigenvalue weighted by molar-refractivity contribution is -0.144. The van der Waals surface area contributed by atoms with Gasteiger partial charge < -0.3 is 4.74 Å². The Bertz CT molecular complexity index is 428. The second kappa shape index (κ2) is 5.52. The number of nitrogens with zero attached hydrogens (tertiary/aromatic N) is 3. The molecule has 2 rings (SSSR count). The van der Waals surface area contributed by atoms with Gasteiger partial charge in [-0.15, -0.1) is 0 Å². The zero-order chi connectivity index (χ0) is 13.1. The fraction of sp³-hybridized carbons (Fsp3) is 0.692. The molecule has 1 aliphatic rings. The summed E-state index contributed by atoms with van der Waals surface area (Å²) in [6, 6.07) is 2.14. The van der Waals surface area contributed by atoms with E-state index in [0.717, 1.165) is 38.2 Å². The van der Waals surface area contributed by atoms with E-state index in [2.05, 4.69) is 23.0 Å². The Kier molecular flexibility index (Phi) is 4.01. The molecule has 0 radical (unpaired) electrons. The van der Waals surface area contributed by atoms with Crippen molar-refractivity contribution >= 4 is 5.97 Å². The first-order valence-electron chi connectivity index (χ1n) is 6.46. The molecule has 100 valence electrons. The molecule has 18 heavy (non-hydrogen) atoms. The summed E-state index contributed by atoms with van der Waals surface area (Å²) in [5, 5.41) is 4.44. The first kappa shape index (κ1) is 13.1. The minimum absolute atomic E-state index is 0.0360. The predicted octanol–water partition coefficient (Wildman–Crippen LogP) is 0.977. The number of carbonyl (C=O) groups excluding carboxylic acids is 1. The largest absolute Gasteiger partial charge is 0.469 e. The molecule has 1 fully saturated rings. The summed E-state index contributed by atoms with van der Waals surface area (Å²) in [5.41, 5.74) is 2.33. The number of esters is 1. The number of methoxy groups -OCH3 is 1. The number of likely N-dealkylation sites (tertiary alicyclic amines) is 1. The fourth-order valence-electron chi connectivity index (χ4n) is 2.46. The van der Waals surface area contributed by atoms with Gasteiger partial charge in [0.2, 0.25) is 0 Å². The molecular formula is C13H21N3O2. The summed E-state index contributed by atoms with van der Waals surface area (Å²) in [4.78, 5) is 13.8. The second-order valence-electron chi connectivity index (χ2n) is 4.85. The van der Waals surface area contributed by atoms with Gasteiger partial charge in [0, 0.05) is 20.1 Å². The number of aryl methyl sites for hydroxylation is 2. The van der Waals surface area contributed by atoms with Gasteiger partial charge in [-0.3, -0.25) is 14.4 Å². The van der Waals surface area contributed by atoms with Crippen molar-refractivity contribution in [2.75, 3.05) is 20.2 Å². The van der Waals surface area contributed by atoms with Crippen LogP contribution in [-0.2, 0) is 29.5 Å². The van der Waals surface area contributed by atoms with Gasteiger partial charge in [0.25, 0.3) is 0 Å². The van der Waals surface area contributed by atoms with Gasteiger partial charge in [-0.1, -0.05) is 6.92 Å². The van der Waals surface area contributed by atoms with Crippen molar-refractivity contribution in [1.29, 1.82) is 0 Å². The van der Waals surface area contributed by atoms with Crippen molar-refractivity contribution in [3.8, 4) is 0 Å². The fourth-order valence-corrected chi connectivity index (χ4v) is 2.46. The zero-order valence-electron chi connectivity index (χ0n) is 11.3. The van der Waals surface area contributed by atoms with Gasteiger partial charge in [-0.25, -0.2) is 0 Å². The summed E-state index contributed by atoms with van der Waals surface area (Å²) in [5.74, 6) is -0.0503. The van der Waals surface area contributed by atoms with Crippen LogP contribution >= 0.6 is 0 Å². The average Bonchev–Trinajstić information content (AvgIpc) is 2.97. The van der Waals surface area contributed by atoms with E-state index in [1.165, 1.54) is 12.8 Å². The van der Waals surface area contributed by atoms with Crippen molar-refractivity contribution in [3.63, 3.8) is 0 Å². The maximum Gasteiger partial charge on any atom is 0.310 e. The monoisotopic (exact) mass is 251 g/mol. The van der Waals surface area contributed by atoms with Crippen molar-refractivity contribution in [2.24, 2.45) is 13.0 Å². The summed E-state index contributed by atoms with van der Waals surface area (Å²) >= 11 is 0. The summed E-state index contributed by atoms with van der Waals surface area (Å²) < 4.78 is 6.73. The van der Waals surface area contributed by atoms with Crippen LogP contribution in [0, 0.1) is 5.92 Å². The van der Waals surface area contributed by atoms with Crippen molar-refractivity contribution in [2.45, 2.75) is 26.3 Å². The molecule has 1 aliphatic heterocycles. The molecule has 1 unspecified atom stereocenters. The van der Waals surface area contributed by atoms with Crippen LogP contribution in [0.5, 0.6) is 0 Å². The number of aromatic nitrogens is 2. The molecule has 0 saturated carbocycles. The SMILES string of the molecule is CCc1cc(CN2CCC(C(=O)OC)C2)n(C)n1. The van der Waals surface area contributed by atoms with Gasteiger partial charge in [0.05, 0.1) is 24.4 Å². The molecule has 5 heteroatoms. The highest BCUT2D eigenvalue weighted by molar-refractivity contribution is 5.72. The predicted molar refractivity (Wildman–Crippen MR) is 68.0 cm³/mol. The first-order valence-corrected chi connectivity index (χ1v) is 6.46. The van der Waals surface area contributed by atoms with E-state index in [1.807, 2.05) is 11.7 Å².